The molecule has 10 heteroatoms. The third-order valence-corrected chi connectivity index (χ3v) is 2.76. The van der Waals surface area contributed by atoms with Gasteiger partial charge in [-0.1, -0.05) is 0 Å². The molecule has 4 nitrogen and oxygen atoms in total. The highest BCUT2D eigenvalue weighted by molar-refractivity contribution is 8.61. The average Bonchev–Trinajstić information content (AvgIpc) is 2.13. The molecule has 100 valence electrons. The molecule has 0 N–H and O–H groups in total. The smallest absolute Gasteiger partial charge is 0.423 e. The summed E-state index contributed by atoms with van der Waals surface area (Å²) in [6.07, 6.45) is -4.84. The van der Waals surface area contributed by atoms with Crippen LogP contribution in [0.4, 0.5) is 18.9 Å². The van der Waals surface area contributed by atoms with Gasteiger partial charge < -0.3 is 4.52 Å². The fourth-order valence-corrected chi connectivity index (χ4v) is 2.20. The van der Waals surface area contributed by atoms with Gasteiger partial charge in [-0.05, 0) is 23.9 Å². The number of nitro benzene ring substituents is 1. The lowest BCUT2D eigenvalue weighted by molar-refractivity contribution is -0.388. The van der Waals surface area contributed by atoms with E-state index >= 15 is 0 Å². The van der Waals surface area contributed by atoms with E-state index in [0.717, 1.165) is 12.1 Å². The molecule has 0 bridgehead atoms. The maximum Gasteiger partial charge on any atom is 0.423 e. The molecule has 1 aromatic rings. The van der Waals surface area contributed by atoms with Gasteiger partial charge in [-0.25, -0.2) is 0 Å². The summed E-state index contributed by atoms with van der Waals surface area (Å²) in [4.78, 5) is 9.40. The second-order valence-electron chi connectivity index (χ2n) is 3.33. The Bertz CT molecular complexity index is 529. The van der Waals surface area contributed by atoms with Crippen LogP contribution in [0.25, 0.3) is 0 Å². The van der Waals surface area contributed by atoms with Crippen molar-refractivity contribution in [2.24, 2.45) is 0 Å². The Balaban J connectivity index is 3.31. The predicted octanol–water partition coefficient (Wildman–Crippen LogP) is 3.86. The molecule has 0 amide bonds. The van der Waals surface area contributed by atoms with E-state index < -0.39 is 27.8 Å². The molecule has 0 spiro atoms. The minimum Gasteiger partial charge on any atom is -0.457 e. The van der Waals surface area contributed by atoms with Gasteiger partial charge in [0.1, 0.15) is 11.3 Å². The van der Waals surface area contributed by atoms with Crippen molar-refractivity contribution in [3.8, 4) is 5.75 Å². The molecule has 1 atom stereocenters. The zero-order valence-corrected chi connectivity index (χ0v) is 11.4. The molecule has 0 saturated carbocycles. The highest BCUT2D eigenvalue weighted by Crippen LogP contribution is 2.49. The summed E-state index contributed by atoms with van der Waals surface area (Å²) in [6, 6.07) is 2.35. The van der Waals surface area contributed by atoms with Crippen molar-refractivity contribution in [1.82, 2.24) is 0 Å². The summed E-state index contributed by atoms with van der Waals surface area (Å²) in [5, 5.41) is 10.5. The number of hydrogen-bond acceptors (Lipinski definition) is 4. The van der Waals surface area contributed by atoms with Crippen LogP contribution >= 0.6 is 17.7 Å². The van der Waals surface area contributed by atoms with Gasteiger partial charge in [-0.15, -0.1) is 12.2 Å². The molecular weight excluding hydrogens is 310 g/mol. The largest absolute Gasteiger partial charge is 0.457 e. The maximum atomic E-state index is 12.6. The highest BCUT2D eigenvalue weighted by atomic mass is 32.9. The number of rotatable bonds is 3. The Morgan fingerprint density at radius 1 is 1.50 bits per heavy atom. The molecule has 0 heterocycles. The molecule has 0 saturated heterocycles. The number of thiol groups is 1. The molecule has 0 fully saturated rings. The van der Waals surface area contributed by atoms with Crippen LogP contribution in [0.2, 0.25) is 0 Å². The summed E-state index contributed by atoms with van der Waals surface area (Å²) in [6.45, 7) is 1.46. The number of benzene rings is 1. The van der Waals surface area contributed by atoms with Gasteiger partial charge >= 0.3 is 6.18 Å². The van der Waals surface area contributed by atoms with Gasteiger partial charge in [0, 0.05) is 12.7 Å². The van der Waals surface area contributed by atoms with E-state index in [-0.39, 0.29) is 5.75 Å². The van der Waals surface area contributed by atoms with E-state index in [1.165, 1.54) is 6.66 Å². The first-order valence-electron chi connectivity index (χ1n) is 4.36. The topological polar surface area (TPSA) is 52.4 Å². The molecule has 18 heavy (non-hydrogen) atoms. The zero-order chi connectivity index (χ0) is 14.1. The lowest BCUT2D eigenvalue weighted by Crippen LogP contribution is -2.09. The van der Waals surface area contributed by atoms with Crippen LogP contribution in [0.3, 0.4) is 0 Å². The first kappa shape index (κ1) is 15.3. The maximum absolute atomic E-state index is 12.6. The summed E-state index contributed by atoms with van der Waals surface area (Å²) >= 11 is 8.75. The lowest BCUT2D eigenvalue weighted by Gasteiger charge is -2.14. The van der Waals surface area contributed by atoms with E-state index in [0.29, 0.717) is 6.07 Å². The Labute approximate surface area is 111 Å². The number of alkyl halides is 3. The summed E-state index contributed by atoms with van der Waals surface area (Å²) < 4.78 is 42.9. The zero-order valence-electron chi connectivity index (χ0n) is 8.84. The first-order chi connectivity index (χ1) is 8.00. The summed E-state index contributed by atoms with van der Waals surface area (Å²) in [5.74, 6) is -0.186. The highest BCUT2D eigenvalue weighted by Gasteiger charge is 2.38. The van der Waals surface area contributed by atoms with Crippen LogP contribution < -0.4 is 4.52 Å². The Morgan fingerprint density at radius 3 is 2.44 bits per heavy atom. The standard InChI is InChI=1S/C8H7F3NO3PS2/c1-16(17,18)15-5-2-3-7(12(13)14)6(4-5)8(9,10)11/h2-4H,1H3,(H,17,18). The van der Waals surface area contributed by atoms with Crippen molar-refractivity contribution in [3.05, 3.63) is 33.9 Å². The molecule has 0 radical (unpaired) electrons. The van der Waals surface area contributed by atoms with Gasteiger partial charge in [0.2, 0.25) is 0 Å². The number of nitro groups is 1. The van der Waals surface area contributed by atoms with Crippen LogP contribution in [-0.2, 0) is 18.0 Å². The van der Waals surface area contributed by atoms with Gasteiger partial charge in [-0.2, -0.15) is 13.2 Å². The van der Waals surface area contributed by atoms with Gasteiger partial charge in [0.25, 0.3) is 5.69 Å². The van der Waals surface area contributed by atoms with Crippen LogP contribution in [0.15, 0.2) is 18.2 Å². The van der Waals surface area contributed by atoms with Crippen molar-refractivity contribution in [2.45, 2.75) is 6.18 Å². The number of nitrogens with zero attached hydrogens (tertiary/aromatic N) is 1. The van der Waals surface area contributed by atoms with E-state index in [1.54, 1.807) is 0 Å². The van der Waals surface area contributed by atoms with Gasteiger partial charge in [0.15, 0.2) is 5.47 Å². The van der Waals surface area contributed by atoms with E-state index in [2.05, 4.69) is 12.2 Å². The Morgan fingerprint density at radius 2 is 2.06 bits per heavy atom. The van der Waals surface area contributed by atoms with Gasteiger partial charge in [0.05, 0.1) is 4.92 Å². The average molecular weight is 317 g/mol. The van der Waals surface area contributed by atoms with E-state index in [9.17, 15) is 23.3 Å². The first-order valence-corrected chi connectivity index (χ1v) is 8.68. The molecule has 0 aliphatic heterocycles. The fraction of sp³-hybridized carbons (Fsp3) is 0.250. The molecule has 0 aromatic heterocycles. The van der Waals surface area contributed by atoms with Crippen molar-refractivity contribution in [1.29, 1.82) is 0 Å². The van der Waals surface area contributed by atoms with E-state index in [1.807, 2.05) is 0 Å². The normalized spacial score (nSPS) is 14.9. The van der Waals surface area contributed by atoms with Crippen LogP contribution in [0.5, 0.6) is 5.75 Å². The van der Waals surface area contributed by atoms with Crippen LogP contribution in [0.1, 0.15) is 5.56 Å². The minimum atomic E-state index is -4.84. The molecule has 0 aliphatic carbocycles. The van der Waals surface area contributed by atoms with E-state index in [4.69, 9.17) is 16.3 Å². The lowest BCUT2D eigenvalue weighted by atomic mass is 10.1. The summed E-state index contributed by atoms with van der Waals surface area (Å²) in [7, 11) is 0. The third kappa shape index (κ3) is 4.15. The van der Waals surface area contributed by atoms with Crippen molar-refractivity contribution in [2.75, 3.05) is 6.66 Å². The van der Waals surface area contributed by atoms with Crippen molar-refractivity contribution < 1.29 is 22.6 Å². The van der Waals surface area contributed by atoms with Gasteiger partial charge in [-0.3, -0.25) is 10.1 Å². The Hall–Kier alpha value is -0.790. The number of halogens is 3. The second kappa shape index (κ2) is 5.07. The van der Waals surface area contributed by atoms with Crippen LogP contribution in [-0.4, -0.2) is 11.6 Å². The monoisotopic (exact) mass is 317 g/mol. The molecule has 1 unspecified atom stereocenters. The predicted molar refractivity (Wildman–Crippen MR) is 67.9 cm³/mol. The fourth-order valence-electron chi connectivity index (χ4n) is 1.15. The third-order valence-electron chi connectivity index (χ3n) is 1.74. The summed E-state index contributed by atoms with van der Waals surface area (Å²) in [5.41, 5.74) is -4.91. The quantitative estimate of drug-likeness (QED) is 0.398. The second-order valence-corrected chi connectivity index (χ2v) is 10.3. The Kier molecular flexibility index (Phi) is 4.30. The number of hydrogen-bond donors (Lipinski definition) is 1. The SMILES string of the molecule is CP(=S)(S)Oc1ccc([N+](=O)[O-])c(C(F)(F)F)c1. The minimum absolute atomic E-state index is 0.186. The van der Waals surface area contributed by atoms with Crippen LogP contribution in [0, 0.1) is 10.1 Å². The molecule has 0 aliphatic rings. The molecular formula is C8H7F3NO3PS2. The van der Waals surface area contributed by atoms with Crippen molar-refractivity contribution in [3.63, 3.8) is 0 Å². The molecule has 1 aromatic carbocycles. The molecule has 1 rings (SSSR count). The van der Waals surface area contributed by atoms with Crippen molar-refractivity contribution >= 4 is 35.2 Å².